The van der Waals surface area contributed by atoms with Crippen molar-refractivity contribution in [2.45, 2.75) is 20.8 Å². The van der Waals surface area contributed by atoms with E-state index in [1.54, 1.807) is 62.4 Å². The predicted molar refractivity (Wildman–Crippen MR) is 123 cm³/mol. The normalized spacial score (nSPS) is 10.4. The Labute approximate surface area is 186 Å². The first-order chi connectivity index (χ1) is 15.2. The number of rotatable bonds is 6. The Bertz CT molecular complexity index is 1220. The van der Waals surface area contributed by atoms with Crippen molar-refractivity contribution in [3.8, 4) is 33.8 Å². The van der Waals surface area contributed by atoms with Gasteiger partial charge in [0, 0.05) is 16.7 Å². The van der Waals surface area contributed by atoms with Gasteiger partial charge in [0.05, 0.1) is 0 Å². The molecule has 0 N–H and O–H groups in total. The molecule has 3 aromatic rings. The van der Waals surface area contributed by atoms with Crippen LogP contribution >= 0.6 is 0 Å². The van der Waals surface area contributed by atoms with Crippen LogP contribution in [-0.2, 0) is 9.59 Å². The minimum absolute atomic E-state index is 0.299. The Balaban J connectivity index is 1.82. The number of carbonyl (C=O) groups excluding carboxylic acids is 2. The third kappa shape index (κ3) is 5.19. The number of halogens is 1. The first-order valence-electron chi connectivity index (χ1n) is 9.92. The van der Waals surface area contributed by atoms with Gasteiger partial charge in [0.1, 0.15) is 17.3 Å². The quantitative estimate of drug-likeness (QED) is 0.257. The van der Waals surface area contributed by atoms with Gasteiger partial charge in [0.15, 0.2) is 0 Å². The summed E-state index contributed by atoms with van der Waals surface area (Å²) in [7, 11) is 0. The molecule has 0 unspecified atom stereocenters. The topological polar surface area (TPSA) is 52.6 Å². The number of hydrogen-bond acceptors (Lipinski definition) is 4. The molecule has 0 spiro atoms. The molecule has 0 amide bonds. The average Bonchev–Trinajstić information content (AvgIpc) is 2.74. The van der Waals surface area contributed by atoms with Crippen LogP contribution in [0.2, 0.25) is 0 Å². The monoisotopic (exact) mass is 430 g/mol. The standard InChI is InChI=1S/C27H23FO4/c1-16(2)26(29)31-21-9-6-19(7-10-21)24-12-8-20(15-25(24)28)23-13-11-22(14-18(23)5)32-27(30)17(3)4/h6-15H,1,3H2,2,4-5H3. The highest BCUT2D eigenvalue weighted by Crippen LogP contribution is 2.32. The maximum atomic E-state index is 14.9. The van der Waals surface area contributed by atoms with Crippen LogP contribution in [0.5, 0.6) is 11.5 Å². The van der Waals surface area contributed by atoms with Crippen molar-refractivity contribution < 1.29 is 23.5 Å². The molecule has 32 heavy (non-hydrogen) atoms. The molecule has 4 nitrogen and oxygen atoms in total. The molecule has 3 aromatic carbocycles. The Kier molecular flexibility index (Phi) is 6.69. The Morgan fingerprint density at radius 1 is 0.719 bits per heavy atom. The molecule has 0 saturated carbocycles. The third-order valence-electron chi connectivity index (χ3n) is 4.76. The summed E-state index contributed by atoms with van der Waals surface area (Å²) in [5.74, 6) is -0.617. The smallest absolute Gasteiger partial charge is 0.338 e. The maximum absolute atomic E-state index is 14.9. The van der Waals surface area contributed by atoms with E-state index in [4.69, 9.17) is 9.47 Å². The maximum Gasteiger partial charge on any atom is 0.338 e. The van der Waals surface area contributed by atoms with Gasteiger partial charge in [-0.3, -0.25) is 0 Å². The zero-order valence-electron chi connectivity index (χ0n) is 18.2. The number of carbonyl (C=O) groups is 2. The summed E-state index contributed by atoms with van der Waals surface area (Å²) in [4.78, 5) is 23.3. The largest absolute Gasteiger partial charge is 0.423 e. The molecular formula is C27H23FO4. The van der Waals surface area contributed by atoms with Crippen LogP contribution in [0.4, 0.5) is 4.39 Å². The molecule has 0 aromatic heterocycles. The molecule has 162 valence electrons. The number of benzene rings is 3. The van der Waals surface area contributed by atoms with Crippen molar-refractivity contribution in [2.75, 3.05) is 0 Å². The summed E-state index contributed by atoms with van der Waals surface area (Å²) in [6, 6.07) is 16.8. The van der Waals surface area contributed by atoms with Crippen LogP contribution < -0.4 is 9.47 Å². The van der Waals surface area contributed by atoms with Gasteiger partial charge in [-0.2, -0.15) is 0 Å². The van der Waals surface area contributed by atoms with Crippen molar-refractivity contribution in [2.24, 2.45) is 0 Å². The van der Waals surface area contributed by atoms with Crippen molar-refractivity contribution in [1.29, 1.82) is 0 Å². The molecule has 0 radical (unpaired) electrons. The highest BCUT2D eigenvalue weighted by molar-refractivity contribution is 5.89. The van der Waals surface area contributed by atoms with Crippen LogP contribution in [-0.4, -0.2) is 11.9 Å². The molecule has 0 aliphatic carbocycles. The predicted octanol–water partition coefficient (Wildman–Crippen LogP) is 6.43. The summed E-state index contributed by atoms with van der Waals surface area (Å²) < 4.78 is 25.3. The van der Waals surface area contributed by atoms with Gasteiger partial charge in [0.25, 0.3) is 0 Å². The fraction of sp³-hybridized carbons (Fsp3) is 0.111. The zero-order chi connectivity index (χ0) is 23.4. The Hall–Kier alpha value is -3.99. The second kappa shape index (κ2) is 9.43. The summed E-state index contributed by atoms with van der Waals surface area (Å²) in [5.41, 5.74) is 4.06. The fourth-order valence-electron chi connectivity index (χ4n) is 3.03. The van der Waals surface area contributed by atoms with Crippen molar-refractivity contribution >= 4 is 11.9 Å². The summed E-state index contributed by atoms with van der Waals surface area (Å²) in [6.45, 7) is 12.1. The minimum atomic E-state index is -0.510. The van der Waals surface area contributed by atoms with Crippen LogP contribution in [0.1, 0.15) is 19.4 Å². The van der Waals surface area contributed by atoms with Gasteiger partial charge in [-0.05, 0) is 73.4 Å². The number of esters is 2. The average molecular weight is 430 g/mol. The molecule has 0 aliphatic rings. The molecule has 0 fully saturated rings. The van der Waals surface area contributed by atoms with Crippen LogP contribution in [0.25, 0.3) is 22.3 Å². The minimum Gasteiger partial charge on any atom is -0.423 e. The van der Waals surface area contributed by atoms with Crippen LogP contribution in [0, 0.1) is 12.7 Å². The lowest BCUT2D eigenvalue weighted by atomic mass is 9.97. The van der Waals surface area contributed by atoms with Crippen molar-refractivity contribution in [1.82, 2.24) is 0 Å². The highest BCUT2D eigenvalue weighted by atomic mass is 19.1. The lowest BCUT2D eigenvalue weighted by Crippen LogP contribution is -2.08. The number of aryl methyl sites for hydroxylation is 1. The van der Waals surface area contributed by atoms with E-state index in [9.17, 15) is 14.0 Å². The molecule has 0 heterocycles. The fourth-order valence-corrected chi connectivity index (χ4v) is 3.03. The summed E-state index contributed by atoms with van der Waals surface area (Å²) in [5, 5.41) is 0. The van der Waals surface area contributed by atoms with E-state index in [2.05, 4.69) is 13.2 Å². The first-order valence-corrected chi connectivity index (χ1v) is 9.92. The van der Waals surface area contributed by atoms with Crippen molar-refractivity contribution in [3.05, 3.63) is 96.3 Å². The second-order valence-corrected chi connectivity index (χ2v) is 7.54. The molecule has 0 bridgehead atoms. The third-order valence-corrected chi connectivity index (χ3v) is 4.76. The SMILES string of the molecule is C=C(C)C(=O)Oc1ccc(-c2ccc(-c3ccc(OC(=O)C(=C)C)cc3C)cc2F)cc1. The number of hydrogen-bond donors (Lipinski definition) is 0. The van der Waals surface area contributed by atoms with Gasteiger partial charge >= 0.3 is 11.9 Å². The molecule has 0 saturated heterocycles. The lowest BCUT2D eigenvalue weighted by molar-refractivity contribution is -0.130. The summed E-state index contributed by atoms with van der Waals surface area (Å²) >= 11 is 0. The number of ether oxygens (including phenoxy) is 2. The molecule has 3 rings (SSSR count). The lowest BCUT2D eigenvalue weighted by Gasteiger charge is -2.11. The molecule has 0 atom stereocenters. The molecule has 0 aliphatic heterocycles. The van der Waals surface area contributed by atoms with Gasteiger partial charge in [-0.15, -0.1) is 0 Å². The highest BCUT2D eigenvalue weighted by Gasteiger charge is 2.12. The van der Waals surface area contributed by atoms with E-state index < -0.39 is 11.9 Å². The van der Waals surface area contributed by atoms with Gasteiger partial charge in [0.2, 0.25) is 0 Å². The zero-order valence-corrected chi connectivity index (χ0v) is 18.2. The Morgan fingerprint density at radius 3 is 1.75 bits per heavy atom. The van der Waals surface area contributed by atoms with E-state index in [-0.39, 0.29) is 5.82 Å². The van der Waals surface area contributed by atoms with E-state index >= 15 is 0 Å². The Morgan fingerprint density at radius 2 is 1.22 bits per heavy atom. The van der Waals surface area contributed by atoms with Gasteiger partial charge in [-0.1, -0.05) is 43.5 Å². The van der Waals surface area contributed by atoms with E-state index in [0.717, 1.165) is 11.1 Å². The van der Waals surface area contributed by atoms with E-state index in [1.807, 2.05) is 13.0 Å². The van der Waals surface area contributed by atoms with Crippen LogP contribution in [0.15, 0.2) is 85.0 Å². The second-order valence-electron chi connectivity index (χ2n) is 7.54. The summed E-state index contributed by atoms with van der Waals surface area (Å²) in [6.07, 6.45) is 0. The van der Waals surface area contributed by atoms with Gasteiger partial charge in [-0.25, -0.2) is 14.0 Å². The molecular weight excluding hydrogens is 407 g/mol. The molecule has 5 heteroatoms. The first kappa shape index (κ1) is 22.7. The van der Waals surface area contributed by atoms with Crippen LogP contribution in [0.3, 0.4) is 0 Å². The van der Waals surface area contributed by atoms with E-state index in [0.29, 0.717) is 39.3 Å². The van der Waals surface area contributed by atoms with Gasteiger partial charge < -0.3 is 9.47 Å². The van der Waals surface area contributed by atoms with E-state index in [1.165, 1.54) is 6.07 Å². The van der Waals surface area contributed by atoms with Crippen molar-refractivity contribution in [3.63, 3.8) is 0 Å².